The molecule has 0 aliphatic carbocycles. The van der Waals surface area contributed by atoms with Crippen LogP contribution in [0.4, 0.5) is 0 Å². The first kappa shape index (κ1) is 10.5. The second kappa shape index (κ2) is 4.64. The normalized spacial score (nSPS) is 19.0. The van der Waals surface area contributed by atoms with Crippen LogP contribution < -0.4 is 4.74 Å². The summed E-state index contributed by atoms with van der Waals surface area (Å²) in [5.41, 5.74) is 0. The second-order valence-electron chi connectivity index (χ2n) is 3.67. The minimum atomic E-state index is -0.460. The van der Waals surface area contributed by atoms with Crippen molar-refractivity contribution in [3.05, 3.63) is 30.3 Å². The van der Waals surface area contributed by atoms with Crippen LogP contribution in [-0.2, 0) is 9.47 Å². The highest BCUT2D eigenvalue weighted by molar-refractivity contribution is 5.19. The van der Waals surface area contributed by atoms with Crippen molar-refractivity contribution in [2.45, 2.75) is 19.1 Å². The fourth-order valence-corrected chi connectivity index (χ4v) is 1.52. The van der Waals surface area contributed by atoms with Gasteiger partial charge in [0, 0.05) is 6.42 Å². The van der Waals surface area contributed by atoms with E-state index in [2.05, 4.69) is 6.07 Å². The van der Waals surface area contributed by atoms with Crippen molar-refractivity contribution < 1.29 is 14.2 Å². The molecule has 0 amide bonds. The maximum Gasteiger partial charge on any atom is 0.168 e. The third-order valence-corrected chi connectivity index (χ3v) is 2.40. The van der Waals surface area contributed by atoms with Crippen LogP contribution in [0, 0.1) is 6.07 Å². The van der Waals surface area contributed by atoms with Crippen molar-refractivity contribution in [3.8, 4) is 5.75 Å². The maximum absolute atomic E-state index is 5.54. The van der Waals surface area contributed by atoms with E-state index in [9.17, 15) is 0 Å². The molecule has 15 heavy (non-hydrogen) atoms. The molecule has 3 heteroatoms. The van der Waals surface area contributed by atoms with E-state index in [4.69, 9.17) is 14.2 Å². The molecule has 0 N–H and O–H groups in total. The van der Waals surface area contributed by atoms with E-state index >= 15 is 0 Å². The molecular formula is C12H15O3. The molecule has 0 spiro atoms. The number of ether oxygens (including phenoxy) is 3. The van der Waals surface area contributed by atoms with Gasteiger partial charge in [0.1, 0.15) is 5.75 Å². The molecule has 1 aromatic carbocycles. The number of hydrogen-bond acceptors (Lipinski definition) is 3. The quantitative estimate of drug-likeness (QED) is 0.756. The molecule has 1 radical (unpaired) electrons. The van der Waals surface area contributed by atoms with Gasteiger partial charge in [-0.3, -0.25) is 0 Å². The molecule has 1 saturated heterocycles. The monoisotopic (exact) mass is 207 g/mol. The van der Waals surface area contributed by atoms with E-state index in [0.29, 0.717) is 19.8 Å². The van der Waals surface area contributed by atoms with Gasteiger partial charge in [0.2, 0.25) is 0 Å². The molecule has 1 heterocycles. The van der Waals surface area contributed by atoms with Gasteiger partial charge in [0.15, 0.2) is 5.79 Å². The Kier molecular flexibility index (Phi) is 3.23. The van der Waals surface area contributed by atoms with Gasteiger partial charge in [-0.05, 0) is 25.1 Å². The molecule has 0 bridgehead atoms. The van der Waals surface area contributed by atoms with Gasteiger partial charge >= 0.3 is 0 Å². The van der Waals surface area contributed by atoms with Gasteiger partial charge in [-0.2, -0.15) is 0 Å². The zero-order valence-corrected chi connectivity index (χ0v) is 8.86. The number of rotatable bonds is 4. The fraction of sp³-hybridized carbons (Fsp3) is 0.500. The van der Waals surface area contributed by atoms with Crippen LogP contribution in [0.3, 0.4) is 0 Å². The van der Waals surface area contributed by atoms with Gasteiger partial charge in [-0.15, -0.1) is 0 Å². The molecule has 0 aromatic heterocycles. The minimum absolute atomic E-state index is 0.460. The average molecular weight is 207 g/mol. The summed E-state index contributed by atoms with van der Waals surface area (Å²) in [5, 5.41) is 0. The van der Waals surface area contributed by atoms with E-state index in [0.717, 1.165) is 12.2 Å². The summed E-state index contributed by atoms with van der Waals surface area (Å²) in [7, 11) is 0. The van der Waals surface area contributed by atoms with E-state index in [1.807, 2.05) is 31.2 Å². The summed E-state index contributed by atoms with van der Waals surface area (Å²) in [5.74, 6) is 0.373. The molecule has 3 nitrogen and oxygen atoms in total. The predicted molar refractivity (Wildman–Crippen MR) is 55.7 cm³/mol. The van der Waals surface area contributed by atoms with E-state index < -0.39 is 5.79 Å². The Balaban J connectivity index is 1.75. The van der Waals surface area contributed by atoms with Crippen LogP contribution in [0.2, 0.25) is 0 Å². The van der Waals surface area contributed by atoms with E-state index in [1.54, 1.807) is 0 Å². The van der Waals surface area contributed by atoms with E-state index in [-0.39, 0.29) is 0 Å². The second-order valence-corrected chi connectivity index (χ2v) is 3.67. The van der Waals surface area contributed by atoms with Crippen molar-refractivity contribution in [1.82, 2.24) is 0 Å². The smallest absolute Gasteiger partial charge is 0.168 e. The van der Waals surface area contributed by atoms with Crippen LogP contribution in [0.5, 0.6) is 5.75 Å². The molecule has 1 aromatic rings. The highest BCUT2D eigenvalue weighted by Gasteiger charge is 2.30. The Morgan fingerprint density at radius 2 is 2.27 bits per heavy atom. The van der Waals surface area contributed by atoms with Gasteiger partial charge in [0.05, 0.1) is 19.8 Å². The lowest BCUT2D eigenvalue weighted by Crippen LogP contribution is -2.27. The van der Waals surface area contributed by atoms with Crippen molar-refractivity contribution >= 4 is 0 Å². The maximum atomic E-state index is 5.54. The number of hydrogen-bond donors (Lipinski definition) is 0. The van der Waals surface area contributed by atoms with Gasteiger partial charge < -0.3 is 14.2 Å². The Morgan fingerprint density at radius 1 is 1.47 bits per heavy atom. The topological polar surface area (TPSA) is 27.7 Å². The minimum Gasteiger partial charge on any atom is -0.493 e. The summed E-state index contributed by atoms with van der Waals surface area (Å²) < 4.78 is 16.5. The van der Waals surface area contributed by atoms with Crippen LogP contribution in [0.25, 0.3) is 0 Å². The standard InChI is InChI=1S/C12H15O3/c1-12(14-9-10-15-12)7-8-13-11-5-3-2-4-6-11/h2-3,5-6H,7-10H2,1H3. The zero-order valence-electron chi connectivity index (χ0n) is 8.86. The largest absolute Gasteiger partial charge is 0.493 e. The molecule has 0 unspecified atom stereocenters. The van der Waals surface area contributed by atoms with Crippen molar-refractivity contribution in [2.24, 2.45) is 0 Å². The molecule has 81 valence electrons. The summed E-state index contributed by atoms with van der Waals surface area (Å²) in [4.78, 5) is 0. The Morgan fingerprint density at radius 3 is 2.93 bits per heavy atom. The molecule has 0 saturated carbocycles. The lowest BCUT2D eigenvalue weighted by molar-refractivity contribution is -0.150. The van der Waals surface area contributed by atoms with Gasteiger partial charge in [-0.25, -0.2) is 0 Å². The lowest BCUT2D eigenvalue weighted by Gasteiger charge is -2.21. The highest BCUT2D eigenvalue weighted by Crippen LogP contribution is 2.22. The van der Waals surface area contributed by atoms with Gasteiger partial charge in [0.25, 0.3) is 0 Å². The summed E-state index contributed by atoms with van der Waals surface area (Å²) in [6.45, 7) is 3.89. The first-order valence-corrected chi connectivity index (χ1v) is 5.15. The molecule has 0 atom stereocenters. The summed E-state index contributed by atoms with van der Waals surface area (Å²) >= 11 is 0. The Hall–Kier alpha value is -1.06. The Bertz CT molecular complexity index is 291. The third kappa shape index (κ3) is 2.94. The fourth-order valence-electron chi connectivity index (χ4n) is 1.52. The molecule has 1 aliphatic rings. The third-order valence-electron chi connectivity index (χ3n) is 2.40. The highest BCUT2D eigenvalue weighted by atomic mass is 16.7. The number of benzene rings is 1. The summed E-state index contributed by atoms with van der Waals surface area (Å²) in [6, 6.07) is 10.4. The summed E-state index contributed by atoms with van der Waals surface area (Å²) in [6.07, 6.45) is 0.738. The van der Waals surface area contributed by atoms with Crippen LogP contribution in [0.1, 0.15) is 13.3 Å². The van der Waals surface area contributed by atoms with Crippen LogP contribution in [0.15, 0.2) is 24.3 Å². The lowest BCUT2D eigenvalue weighted by atomic mass is 10.2. The van der Waals surface area contributed by atoms with Crippen molar-refractivity contribution in [3.63, 3.8) is 0 Å². The van der Waals surface area contributed by atoms with Crippen LogP contribution >= 0.6 is 0 Å². The molecule has 1 aliphatic heterocycles. The first-order chi connectivity index (χ1) is 7.29. The SMILES string of the molecule is CC1(CCOc2c[c]ccc2)OCCO1. The molecular weight excluding hydrogens is 192 g/mol. The first-order valence-electron chi connectivity index (χ1n) is 5.15. The van der Waals surface area contributed by atoms with E-state index in [1.165, 1.54) is 0 Å². The average Bonchev–Trinajstić information content (AvgIpc) is 2.67. The van der Waals surface area contributed by atoms with Crippen LogP contribution in [-0.4, -0.2) is 25.6 Å². The zero-order chi connectivity index (χ0) is 10.6. The van der Waals surface area contributed by atoms with Crippen molar-refractivity contribution in [1.29, 1.82) is 0 Å². The van der Waals surface area contributed by atoms with Crippen molar-refractivity contribution in [2.75, 3.05) is 19.8 Å². The van der Waals surface area contributed by atoms with Gasteiger partial charge in [-0.1, -0.05) is 12.1 Å². The molecule has 1 fully saturated rings. The Labute approximate surface area is 90.0 Å². The predicted octanol–water partition coefficient (Wildman–Crippen LogP) is 2.02. The molecule has 2 rings (SSSR count).